The topological polar surface area (TPSA) is 30.5 Å². The number of ether oxygens (including phenoxy) is 2. The number of hydrogen-bond acceptors (Lipinski definition) is 3. The highest BCUT2D eigenvalue weighted by Crippen LogP contribution is 2.22. The Hall–Kier alpha value is -0.420. The normalized spacial score (nSPS) is 20.5. The fourth-order valence-electron chi connectivity index (χ4n) is 2.26. The van der Waals surface area contributed by atoms with E-state index in [1.807, 2.05) is 0 Å². The molecule has 2 unspecified atom stereocenters. The van der Waals surface area contributed by atoms with Crippen molar-refractivity contribution >= 4 is 15.9 Å². The maximum absolute atomic E-state index is 6.14. The summed E-state index contributed by atoms with van der Waals surface area (Å²) in [5, 5.41) is 3.47. The average Bonchev–Trinajstić information content (AvgIpc) is 2.93. The van der Waals surface area contributed by atoms with Crippen molar-refractivity contribution in [1.82, 2.24) is 5.32 Å². The Morgan fingerprint density at radius 3 is 2.70 bits per heavy atom. The molecule has 0 aromatic heterocycles. The predicted octanol–water partition coefficient (Wildman–Crippen LogP) is 3.54. The van der Waals surface area contributed by atoms with Crippen LogP contribution in [0.5, 0.6) is 0 Å². The summed E-state index contributed by atoms with van der Waals surface area (Å²) in [7, 11) is 0. The van der Waals surface area contributed by atoms with Crippen molar-refractivity contribution in [1.29, 1.82) is 0 Å². The zero-order chi connectivity index (χ0) is 14.4. The van der Waals surface area contributed by atoms with Crippen LogP contribution in [-0.2, 0) is 9.47 Å². The van der Waals surface area contributed by atoms with Gasteiger partial charge in [-0.3, -0.25) is 0 Å². The molecule has 1 saturated heterocycles. The quantitative estimate of drug-likeness (QED) is 0.822. The summed E-state index contributed by atoms with van der Waals surface area (Å²) in [5.41, 5.74) is 1.22. The molecule has 0 spiro atoms. The third-order valence-corrected chi connectivity index (χ3v) is 4.04. The highest BCUT2D eigenvalue weighted by atomic mass is 79.9. The van der Waals surface area contributed by atoms with Crippen LogP contribution in [0, 0.1) is 5.92 Å². The number of nitrogens with one attached hydrogen (secondary N) is 1. The van der Waals surface area contributed by atoms with E-state index in [0.717, 1.165) is 37.3 Å². The molecule has 0 radical (unpaired) electrons. The largest absolute Gasteiger partial charge is 0.381 e. The van der Waals surface area contributed by atoms with Crippen LogP contribution in [-0.4, -0.2) is 32.4 Å². The second-order valence-corrected chi connectivity index (χ2v) is 6.58. The van der Waals surface area contributed by atoms with Crippen molar-refractivity contribution in [2.24, 2.45) is 5.92 Å². The van der Waals surface area contributed by atoms with Gasteiger partial charge in [0.05, 0.1) is 19.3 Å². The molecule has 1 N–H and O–H groups in total. The number of rotatable bonds is 7. The van der Waals surface area contributed by atoms with E-state index in [4.69, 9.17) is 9.47 Å². The lowest BCUT2D eigenvalue weighted by atomic mass is 10.1. The Kier molecular flexibility index (Phi) is 6.49. The lowest BCUT2D eigenvalue weighted by Gasteiger charge is -2.22. The van der Waals surface area contributed by atoms with Gasteiger partial charge in [0.25, 0.3) is 0 Å². The summed E-state index contributed by atoms with van der Waals surface area (Å²) in [6.45, 7) is 7.65. The molecule has 2 atom stereocenters. The smallest absolute Gasteiger partial charge is 0.0949 e. The fraction of sp³-hybridized carbons (Fsp3) is 0.625. The molecule has 1 heterocycles. The molecule has 0 saturated carbocycles. The monoisotopic (exact) mass is 341 g/mol. The zero-order valence-electron chi connectivity index (χ0n) is 12.3. The van der Waals surface area contributed by atoms with E-state index in [1.54, 1.807) is 0 Å². The molecule has 4 heteroatoms. The van der Waals surface area contributed by atoms with Crippen molar-refractivity contribution in [2.75, 3.05) is 26.4 Å². The van der Waals surface area contributed by atoms with Gasteiger partial charge in [-0.1, -0.05) is 41.9 Å². The molecule has 1 aromatic carbocycles. The van der Waals surface area contributed by atoms with Crippen LogP contribution < -0.4 is 5.32 Å². The fourth-order valence-corrected chi connectivity index (χ4v) is 2.52. The molecule has 1 aromatic rings. The molecule has 0 aliphatic carbocycles. The second-order valence-electron chi connectivity index (χ2n) is 5.67. The third kappa shape index (κ3) is 5.17. The van der Waals surface area contributed by atoms with Crippen molar-refractivity contribution in [3.63, 3.8) is 0 Å². The summed E-state index contributed by atoms with van der Waals surface area (Å²) in [4.78, 5) is 0. The number of benzene rings is 1. The van der Waals surface area contributed by atoms with Gasteiger partial charge in [-0.25, -0.2) is 0 Å². The number of hydrogen-bond donors (Lipinski definition) is 1. The van der Waals surface area contributed by atoms with Crippen LogP contribution in [0.25, 0.3) is 0 Å². The molecule has 3 nitrogen and oxygen atoms in total. The van der Waals surface area contributed by atoms with Gasteiger partial charge in [0.2, 0.25) is 0 Å². The van der Waals surface area contributed by atoms with Gasteiger partial charge in [0.15, 0.2) is 0 Å². The average molecular weight is 342 g/mol. The summed E-state index contributed by atoms with van der Waals surface area (Å²) >= 11 is 3.48. The first kappa shape index (κ1) is 16.0. The summed E-state index contributed by atoms with van der Waals surface area (Å²) in [6, 6.07) is 8.86. The van der Waals surface area contributed by atoms with E-state index in [-0.39, 0.29) is 6.10 Å². The van der Waals surface area contributed by atoms with Gasteiger partial charge >= 0.3 is 0 Å². The van der Waals surface area contributed by atoms with Crippen molar-refractivity contribution < 1.29 is 9.47 Å². The van der Waals surface area contributed by atoms with E-state index < -0.39 is 0 Å². The molecule has 1 fully saturated rings. The molecule has 112 valence electrons. The van der Waals surface area contributed by atoms with E-state index in [9.17, 15) is 0 Å². The first-order chi connectivity index (χ1) is 9.65. The minimum absolute atomic E-state index is 0.103. The standard InChI is InChI=1S/C16H24BrNO2/c1-12(2)18-9-16(14-3-5-15(17)6-4-14)20-11-13-7-8-19-10-13/h3-6,12-13,16,18H,7-11H2,1-2H3. The van der Waals surface area contributed by atoms with Gasteiger partial charge in [-0.15, -0.1) is 0 Å². The molecule has 1 aliphatic rings. The molecule has 2 rings (SSSR count). The lowest BCUT2D eigenvalue weighted by Crippen LogP contribution is -2.30. The van der Waals surface area contributed by atoms with Gasteiger partial charge in [0, 0.05) is 29.6 Å². The van der Waals surface area contributed by atoms with E-state index in [1.165, 1.54) is 5.56 Å². The molecule has 0 bridgehead atoms. The Morgan fingerprint density at radius 1 is 1.35 bits per heavy atom. The minimum Gasteiger partial charge on any atom is -0.381 e. The maximum Gasteiger partial charge on any atom is 0.0949 e. The van der Waals surface area contributed by atoms with Gasteiger partial charge in [-0.2, -0.15) is 0 Å². The van der Waals surface area contributed by atoms with Crippen LogP contribution >= 0.6 is 15.9 Å². The molecule has 1 aliphatic heterocycles. The first-order valence-corrected chi connectivity index (χ1v) is 8.12. The van der Waals surface area contributed by atoms with E-state index >= 15 is 0 Å². The SMILES string of the molecule is CC(C)NCC(OCC1CCOC1)c1ccc(Br)cc1. The minimum atomic E-state index is 0.103. The molecule has 20 heavy (non-hydrogen) atoms. The summed E-state index contributed by atoms with van der Waals surface area (Å²) in [6.07, 6.45) is 1.22. The third-order valence-electron chi connectivity index (χ3n) is 3.51. The Balaban J connectivity index is 1.93. The van der Waals surface area contributed by atoms with Crippen LogP contribution in [0.15, 0.2) is 28.7 Å². The van der Waals surface area contributed by atoms with Crippen molar-refractivity contribution in [2.45, 2.75) is 32.4 Å². The Labute approximate surface area is 130 Å². The Bertz CT molecular complexity index is 388. The molecule has 0 amide bonds. The van der Waals surface area contributed by atoms with Crippen molar-refractivity contribution in [3.05, 3.63) is 34.3 Å². The van der Waals surface area contributed by atoms with Crippen LogP contribution in [0.3, 0.4) is 0 Å². The lowest BCUT2D eigenvalue weighted by molar-refractivity contribution is 0.0244. The van der Waals surface area contributed by atoms with Crippen LogP contribution in [0.2, 0.25) is 0 Å². The van der Waals surface area contributed by atoms with Gasteiger partial charge < -0.3 is 14.8 Å². The maximum atomic E-state index is 6.14. The van der Waals surface area contributed by atoms with Crippen LogP contribution in [0.1, 0.15) is 31.9 Å². The molecular weight excluding hydrogens is 318 g/mol. The molecular formula is C16H24BrNO2. The predicted molar refractivity (Wildman–Crippen MR) is 84.9 cm³/mol. The van der Waals surface area contributed by atoms with Crippen LogP contribution in [0.4, 0.5) is 0 Å². The summed E-state index contributed by atoms with van der Waals surface area (Å²) < 4.78 is 12.6. The van der Waals surface area contributed by atoms with Gasteiger partial charge in [0.1, 0.15) is 0 Å². The van der Waals surface area contributed by atoms with Crippen molar-refractivity contribution in [3.8, 4) is 0 Å². The zero-order valence-corrected chi connectivity index (χ0v) is 13.9. The Morgan fingerprint density at radius 2 is 2.10 bits per heavy atom. The van der Waals surface area contributed by atoms with E-state index in [0.29, 0.717) is 12.0 Å². The first-order valence-electron chi connectivity index (χ1n) is 7.33. The van der Waals surface area contributed by atoms with Gasteiger partial charge in [-0.05, 0) is 24.1 Å². The van der Waals surface area contributed by atoms with E-state index in [2.05, 4.69) is 59.4 Å². The second kappa shape index (κ2) is 8.13. The highest BCUT2D eigenvalue weighted by Gasteiger charge is 2.19. The summed E-state index contributed by atoms with van der Waals surface area (Å²) in [5.74, 6) is 0.548. The highest BCUT2D eigenvalue weighted by molar-refractivity contribution is 9.10. The number of halogens is 1.